The molecule has 0 unspecified atom stereocenters. The summed E-state index contributed by atoms with van der Waals surface area (Å²) in [7, 11) is 2.91. The van der Waals surface area contributed by atoms with E-state index in [1.54, 1.807) is 19.2 Å². The number of rotatable bonds is 8. The molecule has 0 N–H and O–H groups in total. The van der Waals surface area contributed by atoms with Gasteiger partial charge in [-0.3, -0.25) is 9.59 Å². The van der Waals surface area contributed by atoms with Gasteiger partial charge in [0.1, 0.15) is 5.75 Å². The van der Waals surface area contributed by atoms with Crippen molar-refractivity contribution in [1.29, 1.82) is 0 Å². The summed E-state index contributed by atoms with van der Waals surface area (Å²) >= 11 is 1.41. The van der Waals surface area contributed by atoms with E-state index in [1.807, 2.05) is 42.5 Å². The van der Waals surface area contributed by atoms with Crippen LogP contribution in [0.5, 0.6) is 5.75 Å². The van der Waals surface area contributed by atoms with E-state index in [1.165, 1.54) is 18.9 Å². The van der Waals surface area contributed by atoms with Gasteiger partial charge < -0.3 is 9.47 Å². The molecule has 2 rings (SSSR count). The Morgan fingerprint density at radius 3 is 2.33 bits per heavy atom. The van der Waals surface area contributed by atoms with Crippen LogP contribution < -0.4 is 4.74 Å². The molecule has 5 heteroatoms. The maximum Gasteiger partial charge on any atom is 0.315 e. The predicted molar refractivity (Wildman–Crippen MR) is 95.6 cm³/mol. The first kappa shape index (κ1) is 18.1. The Morgan fingerprint density at radius 1 is 1.00 bits per heavy atom. The van der Waals surface area contributed by atoms with Gasteiger partial charge in [-0.15, -0.1) is 11.8 Å². The molecule has 2 aromatic rings. The number of para-hydroxylation sites is 1. The van der Waals surface area contributed by atoms with Gasteiger partial charge >= 0.3 is 5.97 Å². The molecular formula is C19H20O4S. The molecule has 0 fully saturated rings. The number of thioether (sulfide) groups is 1. The van der Waals surface area contributed by atoms with Crippen molar-refractivity contribution in [2.45, 2.75) is 11.7 Å². The molecule has 0 radical (unpaired) electrons. The SMILES string of the molecule is COC(=O)CS[C@H](CC(=O)c1ccccc1OC)c1ccccc1. The Morgan fingerprint density at radius 2 is 1.67 bits per heavy atom. The van der Waals surface area contributed by atoms with E-state index in [2.05, 4.69) is 0 Å². The second kappa shape index (κ2) is 9.13. The lowest BCUT2D eigenvalue weighted by atomic mass is 10.0. The molecule has 0 aliphatic carbocycles. The predicted octanol–water partition coefficient (Wildman–Crippen LogP) is 3.92. The fourth-order valence-corrected chi connectivity index (χ4v) is 3.40. The standard InChI is InChI=1S/C19H20O4S/c1-22-17-11-7-6-10-15(17)16(20)12-18(24-13-19(21)23-2)14-8-4-3-5-9-14/h3-11,18H,12-13H2,1-2H3/t18-/m1/s1. The average molecular weight is 344 g/mol. The van der Waals surface area contributed by atoms with Gasteiger partial charge in [-0.1, -0.05) is 42.5 Å². The van der Waals surface area contributed by atoms with Gasteiger partial charge in [-0.2, -0.15) is 0 Å². The molecule has 2 aromatic carbocycles. The van der Waals surface area contributed by atoms with E-state index in [4.69, 9.17) is 9.47 Å². The quantitative estimate of drug-likeness (QED) is 0.537. The van der Waals surface area contributed by atoms with Crippen LogP contribution in [-0.4, -0.2) is 31.7 Å². The topological polar surface area (TPSA) is 52.6 Å². The third-order valence-corrected chi connectivity index (χ3v) is 4.82. The highest BCUT2D eigenvalue weighted by atomic mass is 32.2. The van der Waals surface area contributed by atoms with Crippen LogP contribution in [0.4, 0.5) is 0 Å². The number of Topliss-reactive ketones (excluding diaryl/α,β-unsaturated/α-hetero) is 1. The molecule has 126 valence electrons. The Kier molecular flexibility index (Phi) is 6.88. The van der Waals surface area contributed by atoms with E-state index in [0.717, 1.165) is 5.56 Å². The van der Waals surface area contributed by atoms with Crippen LogP contribution in [0, 0.1) is 0 Å². The van der Waals surface area contributed by atoms with Gasteiger partial charge in [0.2, 0.25) is 0 Å². The van der Waals surface area contributed by atoms with Crippen molar-refractivity contribution in [1.82, 2.24) is 0 Å². The van der Waals surface area contributed by atoms with Crippen LogP contribution in [0.25, 0.3) is 0 Å². The first-order valence-corrected chi connectivity index (χ1v) is 8.60. The number of hydrogen-bond acceptors (Lipinski definition) is 5. The molecular weight excluding hydrogens is 324 g/mol. The minimum absolute atomic E-state index is 0.0151. The lowest BCUT2D eigenvalue weighted by Crippen LogP contribution is -2.10. The van der Waals surface area contributed by atoms with Crippen molar-refractivity contribution in [2.24, 2.45) is 0 Å². The summed E-state index contributed by atoms with van der Waals surface area (Å²) in [6, 6.07) is 16.9. The summed E-state index contributed by atoms with van der Waals surface area (Å²) in [6.07, 6.45) is 0.284. The first-order chi connectivity index (χ1) is 11.7. The molecule has 24 heavy (non-hydrogen) atoms. The fraction of sp³-hybridized carbons (Fsp3) is 0.263. The van der Waals surface area contributed by atoms with E-state index in [9.17, 15) is 9.59 Å². The number of benzene rings is 2. The second-order valence-corrected chi connectivity index (χ2v) is 6.31. The van der Waals surface area contributed by atoms with Crippen LogP contribution in [0.1, 0.15) is 27.6 Å². The van der Waals surface area contributed by atoms with Crippen molar-refractivity contribution in [2.75, 3.05) is 20.0 Å². The Hall–Kier alpha value is -2.27. The third-order valence-electron chi connectivity index (χ3n) is 3.58. The molecule has 1 atom stereocenters. The normalized spacial score (nSPS) is 11.6. The van der Waals surface area contributed by atoms with Crippen molar-refractivity contribution < 1.29 is 19.1 Å². The molecule has 0 saturated heterocycles. The fourth-order valence-electron chi connectivity index (χ4n) is 2.32. The van der Waals surface area contributed by atoms with Gasteiger partial charge in [0, 0.05) is 11.7 Å². The number of ether oxygens (including phenoxy) is 2. The number of methoxy groups -OCH3 is 2. The van der Waals surface area contributed by atoms with Crippen molar-refractivity contribution >= 4 is 23.5 Å². The minimum atomic E-state index is -0.300. The smallest absolute Gasteiger partial charge is 0.315 e. The van der Waals surface area contributed by atoms with Crippen LogP contribution in [0.15, 0.2) is 54.6 Å². The summed E-state index contributed by atoms with van der Waals surface area (Å²) < 4.78 is 9.97. The lowest BCUT2D eigenvalue weighted by Gasteiger charge is -2.16. The highest BCUT2D eigenvalue weighted by Crippen LogP contribution is 2.34. The Labute approximate surface area is 146 Å². The van der Waals surface area contributed by atoms with Gasteiger partial charge in [-0.25, -0.2) is 0 Å². The number of carbonyl (C=O) groups excluding carboxylic acids is 2. The second-order valence-electron chi connectivity index (χ2n) is 5.11. The van der Waals surface area contributed by atoms with Crippen molar-refractivity contribution in [3.05, 3.63) is 65.7 Å². The van der Waals surface area contributed by atoms with Crippen LogP contribution in [-0.2, 0) is 9.53 Å². The molecule has 0 bridgehead atoms. The van der Waals surface area contributed by atoms with Crippen LogP contribution in [0.2, 0.25) is 0 Å². The average Bonchev–Trinajstić information content (AvgIpc) is 2.65. The van der Waals surface area contributed by atoms with Crippen molar-refractivity contribution in [3.63, 3.8) is 0 Å². The van der Waals surface area contributed by atoms with E-state index in [-0.39, 0.29) is 29.2 Å². The van der Waals surface area contributed by atoms with Crippen molar-refractivity contribution in [3.8, 4) is 5.75 Å². The minimum Gasteiger partial charge on any atom is -0.496 e. The molecule has 4 nitrogen and oxygen atoms in total. The van der Waals surface area contributed by atoms with E-state index < -0.39 is 0 Å². The zero-order valence-electron chi connectivity index (χ0n) is 13.7. The molecule has 0 aromatic heterocycles. The summed E-state index contributed by atoms with van der Waals surface area (Å²) in [5, 5.41) is -0.122. The number of esters is 1. The molecule has 0 heterocycles. The highest BCUT2D eigenvalue weighted by Gasteiger charge is 2.21. The van der Waals surface area contributed by atoms with Gasteiger partial charge in [0.05, 0.1) is 25.5 Å². The third kappa shape index (κ3) is 4.86. The number of carbonyl (C=O) groups is 2. The lowest BCUT2D eigenvalue weighted by molar-refractivity contribution is -0.137. The highest BCUT2D eigenvalue weighted by molar-refractivity contribution is 8.00. The molecule has 0 saturated carbocycles. The Balaban J connectivity index is 2.18. The molecule has 0 aliphatic rings. The number of hydrogen-bond donors (Lipinski definition) is 0. The van der Waals surface area contributed by atoms with Crippen LogP contribution >= 0.6 is 11.8 Å². The summed E-state index contributed by atoms with van der Waals surface area (Å²) in [5.74, 6) is 0.451. The summed E-state index contributed by atoms with van der Waals surface area (Å²) in [5.41, 5.74) is 1.56. The van der Waals surface area contributed by atoms with E-state index in [0.29, 0.717) is 11.3 Å². The maximum absolute atomic E-state index is 12.7. The zero-order chi connectivity index (χ0) is 17.4. The van der Waals surface area contributed by atoms with Gasteiger partial charge in [0.15, 0.2) is 5.78 Å². The van der Waals surface area contributed by atoms with Crippen LogP contribution in [0.3, 0.4) is 0 Å². The first-order valence-electron chi connectivity index (χ1n) is 7.55. The summed E-state index contributed by atoms with van der Waals surface area (Å²) in [4.78, 5) is 24.2. The van der Waals surface area contributed by atoms with Gasteiger partial charge in [0.25, 0.3) is 0 Å². The molecule has 0 spiro atoms. The molecule has 0 aliphatic heterocycles. The summed E-state index contributed by atoms with van der Waals surface area (Å²) in [6.45, 7) is 0. The Bertz CT molecular complexity index is 685. The molecule has 0 amide bonds. The number of ketones is 1. The largest absolute Gasteiger partial charge is 0.496 e. The zero-order valence-corrected chi connectivity index (χ0v) is 14.5. The monoisotopic (exact) mass is 344 g/mol. The van der Waals surface area contributed by atoms with E-state index >= 15 is 0 Å². The van der Waals surface area contributed by atoms with Gasteiger partial charge in [-0.05, 0) is 17.7 Å². The maximum atomic E-state index is 12.7.